The van der Waals surface area contributed by atoms with Gasteiger partial charge in [0, 0.05) is 4.47 Å². The minimum absolute atomic E-state index is 0.140. The van der Waals surface area contributed by atoms with E-state index in [1.807, 2.05) is 38.1 Å². The average Bonchev–Trinajstić information content (AvgIpc) is 2.42. The van der Waals surface area contributed by atoms with E-state index in [0.29, 0.717) is 10.0 Å². The molecule has 20 heavy (non-hydrogen) atoms. The molecule has 0 bridgehead atoms. The standard InChI is InChI=1S/C16H15BrFNO/c1-10-3-5-12(6-4-10)11(2)19-16(20)14-9-13(18)7-8-15(14)17/h3-9,11H,1-2H3,(H,19,20). The molecule has 0 aliphatic rings. The Morgan fingerprint density at radius 2 is 1.85 bits per heavy atom. The molecular weight excluding hydrogens is 321 g/mol. The van der Waals surface area contributed by atoms with Crippen LogP contribution in [-0.2, 0) is 0 Å². The second kappa shape index (κ2) is 6.18. The number of amides is 1. The molecule has 2 nitrogen and oxygen atoms in total. The predicted molar refractivity (Wildman–Crippen MR) is 81.2 cm³/mol. The second-order valence-corrected chi connectivity index (χ2v) is 5.58. The highest BCUT2D eigenvalue weighted by atomic mass is 79.9. The van der Waals surface area contributed by atoms with Crippen LogP contribution in [0.4, 0.5) is 4.39 Å². The van der Waals surface area contributed by atoms with Crippen LogP contribution in [0, 0.1) is 12.7 Å². The minimum Gasteiger partial charge on any atom is -0.345 e. The summed E-state index contributed by atoms with van der Waals surface area (Å²) in [6.07, 6.45) is 0. The highest BCUT2D eigenvalue weighted by Crippen LogP contribution is 2.20. The van der Waals surface area contributed by atoms with Crippen molar-refractivity contribution >= 4 is 21.8 Å². The van der Waals surface area contributed by atoms with Gasteiger partial charge in [-0.1, -0.05) is 29.8 Å². The second-order valence-electron chi connectivity index (χ2n) is 4.73. The van der Waals surface area contributed by atoms with E-state index in [4.69, 9.17) is 0 Å². The highest BCUT2D eigenvalue weighted by molar-refractivity contribution is 9.10. The fourth-order valence-electron chi connectivity index (χ4n) is 1.88. The van der Waals surface area contributed by atoms with Gasteiger partial charge >= 0.3 is 0 Å². The SMILES string of the molecule is Cc1ccc(C(C)NC(=O)c2cc(F)ccc2Br)cc1. The molecule has 1 unspecified atom stereocenters. The lowest BCUT2D eigenvalue weighted by Crippen LogP contribution is -2.27. The van der Waals surface area contributed by atoms with Crippen LogP contribution in [-0.4, -0.2) is 5.91 Å². The average molecular weight is 336 g/mol. The van der Waals surface area contributed by atoms with Gasteiger partial charge < -0.3 is 5.32 Å². The van der Waals surface area contributed by atoms with E-state index < -0.39 is 5.82 Å². The van der Waals surface area contributed by atoms with Crippen molar-refractivity contribution in [3.63, 3.8) is 0 Å². The summed E-state index contributed by atoms with van der Waals surface area (Å²) in [6, 6.07) is 11.9. The number of halogens is 2. The van der Waals surface area contributed by atoms with E-state index >= 15 is 0 Å². The summed E-state index contributed by atoms with van der Waals surface area (Å²) in [5.41, 5.74) is 2.47. The molecule has 0 spiro atoms. The third-order valence-electron chi connectivity index (χ3n) is 3.10. The fraction of sp³-hybridized carbons (Fsp3) is 0.188. The van der Waals surface area contributed by atoms with Gasteiger partial charge in [0.2, 0.25) is 0 Å². The largest absolute Gasteiger partial charge is 0.345 e. The van der Waals surface area contributed by atoms with E-state index in [2.05, 4.69) is 21.2 Å². The third kappa shape index (κ3) is 3.45. The smallest absolute Gasteiger partial charge is 0.253 e. The molecule has 1 amide bonds. The van der Waals surface area contributed by atoms with Crippen molar-refractivity contribution in [3.8, 4) is 0 Å². The molecular formula is C16H15BrFNO. The summed E-state index contributed by atoms with van der Waals surface area (Å²) < 4.78 is 13.8. The van der Waals surface area contributed by atoms with Gasteiger partial charge in [-0.05, 0) is 53.5 Å². The maximum atomic E-state index is 13.2. The molecule has 2 rings (SSSR count). The van der Waals surface area contributed by atoms with Crippen LogP contribution in [0.1, 0.15) is 34.5 Å². The van der Waals surface area contributed by atoms with Crippen LogP contribution in [0.15, 0.2) is 46.9 Å². The first-order chi connectivity index (χ1) is 9.47. The molecule has 1 N–H and O–H groups in total. The van der Waals surface area contributed by atoms with Gasteiger partial charge in [-0.3, -0.25) is 4.79 Å². The normalized spacial score (nSPS) is 12.0. The fourth-order valence-corrected chi connectivity index (χ4v) is 2.31. The highest BCUT2D eigenvalue weighted by Gasteiger charge is 2.14. The quantitative estimate of drug-likeness (QED) is 0.885. The van der Waals surface area contributed by atoms with Crippen molar-refractivity contribution in [2.75, 3.05) is 0 Å². The lowest BCUT2D eigenvalue weighted by molar-refractivity contribution is 0.0938. The van der Waals surface area contributed by atoms with Gasteiger partial charge in [-0.25, -0.2) is 4.39 Å². The Morgan fingerprint density at radius 1 is 1.20 bits per heavy atom. The molecule has 0 saturated heterocycles. The van der Waals surface area contributed by atoms with E-state index in [1.165, 1.54) is 23.8 Å². The van der Waals surface area contributed by atoms with Crippen molar-refractivity contribution in [1.82, 2.24) is 5.32 Å². The molecule has 0 heterocycles. The lowest BCUT2D eigenvalue weighted by Gasteiger charge is -2.15. The third-order valence-corrected chi connectivity index (χ3v) is 3.79. The van der Waals surface area contributed by atoms with Gasteiger partial charge in [0.05, 0.1) is 11.6 Å². The topological polar surface area (TPSA) is 29.1 Å². The van der Waals surface area contributed by atoms with Crippen LogP contribution < -0.4 is 5.32 Å². The maximum Gasteiger partial charge on any atom is 0.253 e. The van der Waals surface area contributed by atoms with E-state index in [9.17, 15) is 9.18 Å². The van der Waals surface area contributed by atoms with Crippen molar-refractivity contribution in [3.05, 3.63) is 69.4 Å². The van der Waals surface area contributed by atoms with Gasteiger partial charge in [-0.2, -0.15) is 0 Å². The van der Waals surface area contributed by atoms with Gasteiger partial charge in [-0.15, -0.1) is 0 Å². The number of benzene rings is 2. The molecule has 2 aromatic carbocycles. The molecule has 1 atom stereocenters. The van der Waals surface area contributed by atoms with Crippen molar-refractivity contribution in [2.45, 2.75) is 19.9 Å². The molecule has 4 heteroatoms. The van der Waals surface area contributed by atoms with E-state index in [-0.39, 0.29) is 11.9 Å². The number of hydrogen-bond donors (Lipinski definition) is 1. The van der Waals surface area contributed by atoms with Crippen molar-refractivity contribution in [2.24, 2.45) is 0 Å². The predicted octanol–water partition coefficient (Wildman–Crippen LogP) is 4.39. The zero-order valence-electron chi connectivity index (χ0n) is 11.3. The first-order valence-corrected chi connectivity index (χ1v) is 7.09. The van der Waals surface area contributed by atoms with Gasteiger partial charge in [0.25, 0.3) is 5.91 Å². The summed E-state index contributed by atoms with van der Waals surface area (Å²) in [5.74, 6) is -0.731. The van der Waals surface area contributed by atoms with Crippen LogP contribution in [0.3, 0.4) is 0 Å². The minimum atomic E-state index is -0.429. The van der Waals surface area contributed by atoms with Crippen LogP contribution >= 0.6 is 15.9 Å². The summed E-state index contributed by atoms with van der Waals surface area (Å²) >= 11 is 3.26. The summed E-state index contributed by atoms with van der Waals surface area (Å²) in [4.78, 5) is 12.2. The molecule has 0 aromatic heterocycles. The van der Waals surface area contributed by atoms with Crippen LogP contribution in [0.2, 0.25) is 0 Å². The van der Waals surface area contributed by atoms with Crippen LogP contribution in [0.25, 0.3) is 0 Å². The zero-order valence-corrected chi connectivity index (χ0v) is 12.9. The first kappa shape index (κ1) is 14.7. The Hall–Kier alpha value is -1.68. The molecule has 0 fully saturated rings. The van der Waals surface area contributed by atoms with E-state index in [0.717, 1.165) is 5.56 Å². The Balaban J connectivity index is 2.15. The number of aryl methyl sites for hydroxylation is 1. The Bertz CT molecular complexity index is 625. The lowest BCUT2D eigenvalue weighted by atomic mass is 10.1. The Labute approximate surface area is 126 Å². The van der Waals surface area contributed by atoms with Crippen LogP contribution in [0.5, 0.6) is 0 Å². The molecule has 104 valence electrons. The zero-order chi connectivity index (χ0) is 14.7. The number of rotatable bonds is 3. The molecule has 0 aliphatic heterocycles. The summed E-state index contributed by atoms with van der Waals surface area (Å²) in [6.45, 7) is 3.91. The monoisotopic (exact) mass is 335 g/mol. The van der Waals surface area contributed by atoms with Crippen molar-refractivity contribution in [1.29, 1.82) is 0 Å². The molecule has 2 aromatic rings. The summed E-state index contributed by atoms with van der Waals surface area (Å²) in [7, 11) is 0. The molecule has 0 saturated carbocycles. The molecule has 0 radical (unpaired) electrons. The maximum absolute atomic E-state index is 13.2. The Morgan fingerprint density at radius 3 is 2.50 bits per heavy atom. The van der Waals surface area contributed by atoms with Gasteiger partial charge in [0.1, 0.15) is 5.82 Å². The number of nitrogens with one attached hydrogen (secondary N) is 1. The Kier molecular flexibility index (Phi) is 4.55. The number of carbonyl (C=O) groups excluding carboxylic acids is 1. The molecule has 0 aliphatic carbocycles. The number of carbonyl (C=O) groups is 1. The first-order valence-electron chi connectivity index (χ1n) is 6.30. The van der Waals surface area contributed by atoms with Crippen molar-refractivity contribution < 1.29 is 9.18 Å². The van der Waals surface area contributed by atoms with Gasteiger partial charge in [0.15, 0.2) is 0 Å². The number of hydrogen-bond acceptors (Lipinski definition) is 1. The van der Waals surface area contributed by atoms with E-state index in [1.54, 1.807) is 0 Å². The summed E-state index contributed by atoms with van der Waals surface area (Å²) in [5, 5.41) is 2.86.